The molecule has 0 radical (unpaired) electrons. The van der Waals surface area contributed by atoms with Crippen LogP contribution in [0.4, 0.5) is 4.39 Å². The molecule has 0 aliphatic rings. The van der Waals surface area contributed by atoms with E-state index in [0.29, 0.717) is 29.4 Å². The summed E-state index contributed by atoms with van der Waals surface area (Å²) in [6.45, 7) is 2.33. The summed E-state index contributed by atoms with van der Waals surface area (Å²) in [6.07, 6.45) is 1.45. The SMILES string of the molecule is CCOc1cc(/C=N/NC(=O)c2ccc(F)cc2)ccc1OCc1ccc(C(=O)OC)o1. The number of halogens is 1. The van der Waals surface area contributed by atoms with E-state index in [1.807, 2.05) is 6.92 Å². The standard InChI is InChI=1S/C23H21FN2O6/c1-3-30-21-12-15(13-25-26-22(27)16-5-7-17(24)8-6-16)4-10-19(21)31-14-18-9-11-20(32-18)23(28)29-2/h4-13H,3,14H2,1-2H3,(H,26,27)/b25-13+. The van der Waals surface area contributed by atoms with Gasteiger partial charge in [-0.25, -0.2) is 14.6 Å². The van der Waals surface area contributed by atoms with Crippen molar-refractivity contribution in [1.29, 1.82) is 0 Å². The first-order chi connectivity index (χ1) is 15.5. The predicted molar refractivity (Wildman–Crippen MR) is 113 cm³/mol. The quantitative estimate of drug-likeness (QED) is 0.307. The van der Waals surface area contributed by atoms with Gasteiger partial charge in [0.2, 0.25) is 5.76 Å². The molecule has 1 aromatic heterocycles. The smallest absolute Gasteiger partial charge is 0.373 e. The van der Waals surface area contributed by atoms with Crippen LogP contribution in [0.5, 0.6) is 11.5 Å². The van der Waals surface area contributed by atoms with Crippen molar-refractivity contribution in [1.82, 2.24) is 5.43 Å². The van der Waals surface area contributed by atoms with E-state index in [1.54, 1.807) is 24.3 Å². The van der Waals surface area contributed by atoms with Crippen LogP contribution in [0.3, 0.4) is 0 Å². The Morgan fingerprint density at radius 2 is 1.84 bits per heavy atom. The zero-order chi connectivity index (χ0) is 22.9. The number of nitrogens with zero attached hydrogens (tertiary/aromatic N) is 1. The molecule has 8 nitrogen and oxygen atoms in total. The molecule has 0 saturated carbocycles. The zero-order valence-electron chi connectivity index (χ0n) is 17.5. The van der Waals surface area contributed by atoms with Gasteiger partial charge in [0.25, 0.3) is 5.91 Å². The van der Waals surface area contributed by atoms with Gasteiger partial charge in [-0.3, -0.25) is 4.79 Å². The molecule has 2 aromatic carbocycles. The number of carbonyl (C=O) groups excluding carboxylic acids is 2. The molecule has 0 saturated heterocycles. The van der Waals surface area contributed by atoms with Gasteiger partial charge < -0.3 is 18.6 Å². The van der Waals surface area contributed by atoms with Gasteiger partial charge in [0.15, 0.2) is 11.5 Å². The summed E-state index contributed by atoms with van der Waals surface area (Å²) in [7, 11) is 1.27. The van der Waals surface area contributed by atoms with E-state index < -0.39 is 17.7 Å². The van der Waals surface area contributed by atoms with Crippen molar-refractivity contribution in [3.8, 4) is 11.5 Å². The second-order valence-corrected chi connectivity index (χ2v) is 6.39. The lowest BCUT2D eigenvalue weighted by molar-refractivity contribution is 0.0560. The molecule has 32 heavy (non-hydrogen) atoms. The van der Waals surface area contributed by atoms with Crippen LogP contribution in [0.2, 0.25) is 0 Å². The third-order valence-corrected chi connectivity index (χ3v) is 4.17. The normalized spacial score (nSPS) is 10.7. The molecule has 0 bridgehead atoms. The highest BCUT2D eigenvalue weighted by molar-refractivity contribution is 5.94. The van der Waals surface area contributed by atoms with E-state index in [4.69, 9.17) is 13.9 Å². The Bertz CT molecular complexity index is 1110. The van der Waals surface area contributed by atoms with Crippen molar-refractivity contribution in [2.75, 3.05) is 13.7 Å². The van der Waals surface area contributed by atoms with E-state index in [2.05, 4.69) is 15.3 Å². The molecule has 1 heterocycles. The first kappa shape index (κ1) is 22.5. The molecule has 1 N–H and O–H groups in total. The van der Waals surface area contributed by atoms with Gasteiger partial charge in [-0.15, -0.1) is 0 Å². The fourth-order valence-corrected chi connectivity index (χ4v) is 2.64. The number of furan rings is 1. The van der Waals surface area contributed by atoms with Crippen molar-refractivity contribution in [3.05, 3.63) is 83.1 Å². The maximum atomic E-state index is 12.9. The number of benzene rings is 2. The Labute approximate surface area is 183 Å². The molecule has 0 aliphatic heterocycles. The van der Waals surface area contributed by atoms with Crippen molar-refractivity contribution in [3.63, 3.8) is 0 Å². The Hall–Kier alpha value is -4.14. The van der Waals surface area contributed by atoms with Crippen LogP contribution < -0.4 is 14.9 Å². The summed E-state index contributed by atoms with van der Waals surface area (Å²) < 4.78 is 34.3. The number of hydrazone groups is 1. The molecule has 3 rings (SSSR count). The molecule has 0 unspecified atom stereocenters. The van der Waals surface area contributed by atoms with Gasteiger partial charge in [-0.2, -0.15) is 5.10 Å². The number of hydrogen-bond acceptors (Lipinski definition) is 7. The van der Waals surface area contributed by atoms with Crippen LogP contribution in [0.1, 0.15) is 39.2 Å². The number of hydrogen-bond donors (Lipinski definition) is 1. The summed E-state index contributed by atoms with van der Waals surface area (Å²) in [5.74, 6) is 0.0213. The molecule has 0 atom stereocenters. The average Bonchev–Trinajstić information content (AvgIpc) is 3.27. The number of nitrogens with one attached hydrogen (secondary N) is 1. The third kappa shape index (κ3) is 5.94. The van der Waals surface area contributed by atoms with E-state index in [1.165, 1.54) is 43.7 Å². The lowest BCUT2D eigenvalue weighted by Crippen LogP contribution is -2.17. The maximum absolute atomic E-state index is 12.9. The highest BCUT2D eigenvalue weighted by atomic mass is 19.1. The van der Waals surface area contributed by atoms with Gasteiger partial charge >= 0.3 is 5.97 Å². The summed E-state index contributed by atoms with van der Waals surface area (Å²) in [4.78, 5) is 23.5. The Morgan fingerprint density at radius 3 is 2.56 bits per heavy atom. The van der Waals surface area contributed by atoms with Gasteiger partial charge in [0.1, 0.15) is 18.2 Å². The van der Waals surface area contributed by atoms with Crippen LogP contribution in [-0.2, 0) is 11.3 Å². The van der Waals surface area contributed by atoms with E-state index >= 15 is 0 Å². The molecular weight excluding hydrogens is 419 g/mol. The van der Waals surface area contributed by atoms with Gasteiger partial charge in [0.05, 0.1) is 19.9 Å². The predicted octanol–water partition coefficient (Wildman–Crippen LogP) is 3.95. The fraction of sp³-hybridized carbons (Fsp3) is 0.174. The van der Waals surface area contributed by atoms with E-state index in [-0.39, 0.29) is 17.9 Å². The lowest BCUT2D eigenvalue weighted by Gasteiger charge is -2.11. The van der Waals surface area contributed by atoms with Crippen molar-refractivity contribution >= 4 is 18.1 Å². The molecular formula is C23H21FN2O6. The highest BCUT2D eigenvalue weighted by Gasteiger charge is 2.13. The van der Waals surface area contributed by atoms with Gasteiger partial charge in [-0.1, -0.05) is 0 Å². The van der Waals surface area contributed by atoms with Crippen molar-refractivity contribution < 1.29 is 32.6 Å². The number of carbonyl (C=O) groups is 2. The maximum Gasteiger partial charge on any atom is 0.373 e. The number of amides is 1. The molecule has 1 amide bonds. The Balaban J connectivity index is 1.63. The highest BCUT2D eigenvalue weighted by Crippen LogP contribution is 2.29. The molecule has 9 heteroatoms. The van der Waals surface area contributed by atoms with Crippen molar-refractivity contribution in [2.24, 2.45) is 5.10 Å². The van der Waals surface area contributed by atoms with Crippen LogP contribution in [0, 0.1) is 5.82 Å². The summed E-state index contributed by atoms with van der Waals surface area (Å²) >= 11 is 0. The number of rotatable bonds is 9. The van der Waals surface area contributed by atoms with Gasteiger partial charge in [0, 0.05) is 5.56 Å². The van der Waals surface area contributed by atoms with Crippen molar-refractivity contribution in [2.45, 2.75) is 13.5 Å². The number of methoxy groups -OCH3 is 1. The average molecular weight is 440 g/mol. The minimum Gasteiger partial charge on any atom is -0.490 e. The Morgan fingerprint density at radius 1 is 1.06 bits per heavy atom. The third-order valence-electron chi connectivity index (χ3n) is 4.17. The lowest BCUT2D eigenvalue weighted by atomic mass is 10.2. The zero-order valence-corrected chi connectivity index (χ0v) is 17.5. The summed E-state index contributed by atoms with van der Waals surface area (Å²) in [5.41, 5.74) is 3.33. The first-order valence-electron chi connectivity index (χ1n) is 9.65. The van der Waals surface area contributed by atoms with Crippen LogP contribution >= 0.6 is 0 Å². The molecule has 0 aliphatic carbocycles. The van der Waals surface area contributed by atoms with Crippen LogP contribution in [0.15, 0.2) is 64.1 Å². The second-order valence-electron chi connectivity index (χ2n) is 6.39. The van der Waals surface area contributed by atoms with E-state index in [0.717, 1.165) is 0 Å². The number of ether oxygens (including phenoxy) is 3. The largest absolute Gasteiger partial charge is 0.490 e. The monoisotopic (exact) mass is 440 g/mol. The van der Waals surface area contributed by atoms with Crippen LogP contribution in [0.25, 0.3) is 0 Å². The molecule has 0 fully saturated rings. The number of esters is 1. The van der Waals surface area contributed by atoms with Gasteiger partial charge in [-0.05, 0) is 67.1 Å². The minimum absolute atomic E-state index is 0.0816. The topological polar surface area (TPSA) is 99.4 Å². The Kier molecular flexibility index (Phi) is 7.58. The first-order valence-corrected chi connectivity index (χ1v) is 9.65. The summed E-state index contributed by atoms with van der Waals surface area (Å²) in [6, 6.07) is 13.4. The van der Waals surface area contributed by atoms with Crippen LogP contribution in [-0.4, -0.2) is 31.8 Å². The molecule has 3 aromatic rings. The molecule has 166 valence electrons. The molecule has 0 spiro atoms. The summed E-state index contributed by atoms with van der Waals surface area (Å²) in [5, 5.41) is 3.92. The minimum atomic E-state index is -0.568. The van der Waals surface area contributed by atoms with E-state index in [9.17, 15) is 14.0 Å². The fourth-order valence-electron chi connectivity index (χ4n) is 2.64. The second kappa shape index (κ2) is 10.8.